The van der Waals surface area contributed by atoms with Gasteiger partial charge in [0, 0.05) is 31.8 Å². The molecule has 0 saturated heterocycles. The van der Waals surface area contributed by atoms with Crippen LogP contribution in [0.3, 0.4) is 0 Å². The first-order valence-corrected chi connectivity index (χ1v) is 8.79. The van der Waals surface area contributed by atoms with Crippen molar-refractivity contribution in [2.24, 2.45) is 0 Å². The van der Waals surface area contributed by atoms with Crippen molar-refractivity contribution in [3.8, 4) is 11.8 Å². The summed E-state index contributed by atoms with van der Waals surface area (Å²) >= 11 is 0. The predicted molar refractivity (Wildman–Crippen MR) is 98.7 cm³/mol. The molecule has 0 unspecified atom stereocenters. The summed E-state index contributed by atoms with van der Waals surface area (Å²) in [6.07, 6.45) is 0.579. The van der Waals surface area contributed by atoms with Crippen molar-refractivity contribution >= 4 is 11.8 Å². The molecule has 2 N–H and O–H groups in total. The Balaban J connectivity index is 1.60. The lowest BCUT2D eigenvalue weighted by molar-refractivity contribution is 0.0919. The van der Waals surface area contributed by atoms with Crippen LogP contribution in [0, 0.1) is 0 Å². The first-order chi connectivity index (χ1) is 13.5. The lowest BCUT2D eigenvalue weighted by atomic mass is 10.1. The summed E-state index contributed by atoms with van der Waals surface area (Å²) in [6, 6.07) is 4.82. The molecule has 0 bridgehead atoms. The summed E-state index contributed by atoms with van der Waals surface area (Å²) < 4.78 is 16.9. The lowest BCUT2D eigenvalue weighted by Gasteiger charge is -2.14. The Bertz CT molecular complexity index is 843. The molecule has 1 aliphatic rings. The Labute approximate surface area is 162 Å². The summed E-state index contributed by atoms with van der Waals surface area (Å²) in [6.45, 7) is 1.35. The Kier molecular flexibility index (Phi) is 6.09. The number of ether oxygens (including phenoxy) is 3. The molecule has 0 aromatic carbocycles. The lowest BCUT2D eigenvalue weighted by Crippen LogP contribution is -2.36. The first-order valence-electron chi connectivity index (χ1n) is 8.79. The molecule has 0 radical (unpaired) electrons. The maximum atomic E-state index is 12.6. The minimum atomic E-state index is -0.291. The van der Waals surface area contributed by atoms with Gasteiger partial charge in [-0.15, -0.1) is 0 Å². The largest absolute Gasteiger partial charge is 0.481 e. The highest BCUT2D eigenvalue weighted by Crippen LogP contribution is 2.21. The third kappa shape index (κ3) is 4.22. The van der Waals surface area contributed by atoms with Crippen molar-refractivity contribution in [2.45, 2.75) is 19.0 Å². The van der Waals surface area contributed by atoms with Crippen molar-refractivity contribution in [1.29, 1.82) is 0 Å². The summed E-state index contributed by atoms with van der Waals surface area (Å²) in [5.41, 5.74) is 1.57. The topological polar surface area (TPSA) is 117 Å². The molecule has 1 aliphatic heterocycles. The standard InChI is InChI=1S/C18H23N5O5/c1-26-7-6-19-17(25)14-9-12-8-11(10-23(12)22-14)20-16(24)13-4-5-15(27-2)21-18(13)28-3/h4-5,9,11H,6-8,10H2,1-3H3,(H,19,25)(H,20,24)/t11-/m0/s1. The number of nitrogens with one attached hydrogen (secondary N) is 2. The third-order valence-corrected chi connectivity index (χ3v) is 4.35. The number of hydrogen-bond donors (Lipinski definition) is 2. The van der Waals surface area contributed by atoms with Crippen LogP contribution in [0.4, 0.5) is 0 Å². The van der Waals surface area contributed by atoms with Crippen LogP contribution in [0.25, 0.3) is 0 Å². The summed E-state index contributed by atoms with van der Waals surface area (Å²) in [5.74, 6) is 0.0298. The van der Waals surface area contributed by atoms with Gasteiger partial charge in [0.25, 0.3) is 11.8 Å². The Morgan fingerprint density at radius 3 is 2.71 bits per heavy atom. The van der Waals surface area contributed by atoms with Crippen molar-refractivity contribution < 1.29 is 23.8 Å². The number of hydrogen-bond acceptors (Lipinski definition) is 7. The van der Waals surface area contributed by atoms with Crippen molar-refractivity contribution in [3.63, 3.8) is 0 Å². The van der Waals surface area contributed by atoms with Gasteiger partial charge in [0.2, 0.25) is 11.8 Å². The molecule has 2 aromatic heterocycles. The van der Waals surface area contributed by atoms with Crippen LogP contribution in [-0.4, -0.2) is 67.1 Å². The Hall–Kier alpha value is -3.14. The molecule has 0 saturated carbocycles. The van der Waals surface area contributed by atoms with E-state index in [0.29, 0.717) is 43.3 Å². The van der Waals surface area contributed by atoms with Gasteiger partial charge in [0.1, 0.15) is 11.3 Å². The molecule has 3 heterocycles. The molecule has 150 valence electrons. The van der Waals surface area contributed by atoms with E-state index < -0.39 is 0 Å². The second-order valence-electron chi connectivity index (χ2n) is 6.24. The number of methoxy groups -OCH3 is 3. The van der Waals surface area contributed by atoms with Gasteiger partial charge in [-0.3, -0.25) is 14.3 Å². The van der Waals surface area contributed by atoms with E-state index in [2.05, 4.69) is 20.7 Å². The SMILES string of the molecule is COCCNC(=O)c1cc2n(n1)C[C@@H](NC(=O)c1ccc(OC)nc1OC)C2. The number of aromatic nitrogens is 3. The van der Waals surface area contributed by atoms with Gasteiger partial charge in [-0.05, 0) is 12.1 Å². The number of pyridine rings is 1. The van der Waals surface area contributed by atoms with Crippen LogP contribution in [0.1, 0.15) is 26.5 Å². The maximum absolute atomic E-state index is 12.6. The highest BCUT2D eigenvalue weighted by atomic mass is 16.5. The summed E-state index contributed by atoms with van der Waals surface area (Å²) in [4.78, 5) is 28.8. The van der Waals surface area contributed by atoms with Crippen LogP contribution in [-0.2, 0) is 17.7 Å². The van der Waals surface area contributed by atoms with Crippen molar-refractivity contribution in [2.75, 3.05) is 34.5 Å². The molecule has 0 aliphatic carbocycles. The summed E-state index contributed by atoms with van der Waals surface area (Å²) in [7, 11) is 4.51. The van der Waals surface area contributed by atoms with Gasteiger partial charge in [0.05, 0.1) is 33.4 Å². The van der Waals surface area contributed by atoms with E-state index in [1.807, 2.05) is 0 Å². The number of amides is 2. The number of carbonyl (C=O) groups is 2. The van der Waals surface area contributed by atoms with Gasteiger partial charge in [-0.2, -0.15) is 10.1 Å². The summed E-state index contributed by atoms with van der Waals surface area (Å²) in [5, 5.41) is 10.0. The van der Waals surface area contributed by atoms with E-state index in [0.717, 1.165) is 5.69 Å². The maximum Gasteiger partial charge on any atom is 0.271 e. The number of rotatable bonds is 8. The zero-order valence-corrected chi connectivity index (χ0v) is 16.0. The van der Waals surface area contributed by atoms with E-state index in [1.165, 1.54) is 14.2 Å². The molecule has 10 nitrogen and oxygen atoms in total. The second kappa shape index (κ2) is 8.70. The van der Waals surface area contributed by atoms with Crippen LogP contribution in [0.15, 0.2) is 18.2 Å². The number of fused-ring (bicyclic) bond motifs is 1. The molecule has 0 spiro atoms. The van der Waals surface area contributed by atoms with E-state index >= 15 is 0 Å². The van der Waals surface area contributed by atoms with Gasteiger partial charge >= 0.3 is 0 Å². The molecule has 2 aromatic rings. The van der Waals surface area contributed by atoms with Crippen LogP contribution < -0.4 is 20.1 Å². The van der Waals surface area contributed by atoms with Gasteiger partial charge in [-0.1, -0.05) is 0 Å². The smallest absolute Gasteiger partial charge is 0.271 e. The van der Waals surface area contributed by atoms with Crippen LogP contribution in [0.5, 0.6) is 11.8 Å². The average molecular weight is 389 g/mol. The molecule has 1 atom stereocenters. The molecule has 28 heavy (non-hydrogen) atoms. The minimum absolute atomic E-state index is 0.132. The molecular weight excluding hydrogens is 366 g/mol. The highest BCUT2D eigenvalue weighted by molar-refractivity contribution is 5.96. The van der Waals surface area contributed by atoms with E-state index in [-0.39, 0.29) is 23.7 Å². The average Bonchev–Trinajstić information content (AvgIpc) is 3.26. The van der Waals surface area contributed by atoms with Crippen LogP contribution >= 0.6 is 0 Å². The third-order valence-electron chi connectivity index (χ3n) is 4.35. The van der Waals surface area contributed by atoms with Crippen LogP contribution in [0.2, 0.25) is 0 Å². The quantitative estimate of drug-likeness (QED) is 0.612. The Morgan fingerprint density at radius 2 is 2.04 bits per heavy atom. The fourth-order valence-electron chi connectivity index (χ4n) is 3.00. The van der Waals surface area contributed by atoms with E-state index in [1.54, 1.807) is 30.0 Å². The van der Waals surface area contributed by atoms with Crippen molar-refractivity contribution in [3.05, 3.63) is 35.2 Å². The number of nitrogens with zero attached hydrogens (tertiary/aromatic N) is 3. The van der Waals surface area contributed by atoms with Gasteiger partial charge in [-0.25, -0.2) is 0 Å². The van der Waals surface area contributed by atoms with E-state index in [4.69, 9.17) is 14.2 Å². The highest BCUT2D eigenvalue weighted by Gasteiger charge is 2.27. The second-order valence-corrected chi connectivity index (χ2v) is 6.24. The van der Waals surface area contributed by atoms with Crippen molar-refractivity contribution in [1.82, 2.24) is 25.4 Å². The molecule has 10 heteroatoms. The monoisotopic (exact) mass is 389 g/mol. The molecule has 3 rings (SSSR count). The molecular formula is C18H23N5O5. The zero-order valence-electron chi connectivity index (χ0n) is 16.0. The Morgan fingerprint density at radius 1 is 1.21 bits per heavy atom. The fraction of sp³-hybridized carbons (Fsp3) is 0.444. The number of carbonyl (C=O) groups excluding carboxylic acids is 2. The zero-order chi connectivity index (χ0) is 20.1. The van der Waals surface area contributed by atoms with Gasteiger partial charge < -0.3 is 24.8 Å². The minimum Gasteiger partial charge on any atom is -0.481 e. The first kappa shape index (κ1) is 19.6. The molecule has 0 fully saturated rings. The fourth-order valence-corrected chi connectivity index (χ4v) is 3.00. The molecule has 2 amide bonds. The van der Waals surface area contributed by atoms with E-state index in [9.17, 15) is 9.59 Å². The van der Waals surface area contributed by atoms with Gasteiger partial charge in [0.15, 0.2) is 0 Å². The normalized spacial score (nSPS) is 15.0. The predicted octanol–water partition coefficient (Wildman–Crippen LogP) is 0.0262.